The lowest BCUT2D eigenvalue weighted by molar-refractivity contribution is 0.416. The first-order chi connectivity index (χ1) is 8.65. The molecule has 3 nitrogen and oxygen atoms in total. The van der Waals surface area contributed by atoms with Crippen molar-refractivity contribution in [1.29, 1.82) is 0 Å². The fourth-order valence-electron chi connectivity index (χ4n) is 1.65. The Labute approximate surface area is 117 Å². The number of hydrazine groups is 1. The molecule has 2 rings (SSSR count). The Morgan fingerprint density at radius 1 is 1.44 bits per heavy atom. The van der Waals surface area contributed by atoms with Crippen molar-refractivity contribution in [1.82, 2.24) is 5.43 Å². The van der Waals surface area contributed by atoms with Crippen LogP contribution in [0.2, 0.25) is 0 Å². The van der Waals surface area contributed by atoms with Crippen LogP contribution in [-0.2, 0) is 0 Å². The monoisotopic (exact) mass is 330 g/mol. The number of benzene rings is 1. The van der Waals surface area contributed by atoms with Crippen LogP contribution in [0.3, 0.4) is 0 Å². The maximum atomic E-state index is 13.8. The number of ether oxygens (including phenoxy) is 1. The lowest BCUT2D eigenvalue weighted by Crippen LogP contribution is -2.28. The lowest BCUT2D eigenvalue weighted by atomic mass is 10.1. The van der Waals surface area contributed by atoms with Gasteiger partial charge in [0.05, 0.1) is 13.2 Å². The van der Waals surface area contributed by atoms with E-state index >= 15 is 0 Å². The zero-order valence-corrected chi connectivity index (χ0v) is 12.0. The summed E-state index contributed by atoms with van der Waals surface area (Å²) in [5.74, 6) is 5.98. The molecule has 1 heterocycles. The normalized spacial score (nSPS) is 12.4. The van der Waals surface area contributed by atoms with Crippen LogP contribution in [0.25, 0.3) is 0 Å². The summed E-state index contributed by atoms with van der Waals surface area (Å²) in [6.45, 7) is 0. The number of rotatable bonds is 4. The van der Waals surface area contributed by atoms with Crippen molar-refractivity contribution in [3.05, 3.63) is 50.4 Å². The van der Waals surface area contributed by atoms with E-state index in [1.165, 1.54) is 17.4 Å². The second kappa shape index (κ2) is 5.79. The predicted molar refractivity (Wildman–Crippen MR) is 74.1 cm³/mol. The Balaban J connectivity index is 2.41. The van der Waals surface area contributed by atoms with Crippen molar-refractivity contribution < 1.29 is 9.13 Å². The Hall–Kier alpha value is -0.950. The van der Waals surface area contributed by atoms with Gasteiger partial charge < -0.3 is 4.74 Å². The number of methoxy groups -OCH3 is 1. The second-order valence-electron chi connectivity index (χ2n) is 3.65. The molecule has 0 bridgehead atoms. The molecular weight excluding hydrogens is 319 g/mol. The molecule has 2 aromatic rings. The van der Waals surface area contributed by atoms with Gasteiger partial charge in [-0.25, -0.2) is 9.82 Å². The largest absolute Gasteiger partial charge is 0.496 e. The van der Waals surface area contributed by atoms with E-state index in [0.717, 1.165) is 15.1 Å². The Morgan fingerprint density at radius 3 is 2.83 bits per heavy atom. The summed E-state index contributed by atoms with van der Waals surface area (Å²) in [7, 11) is 1.59. The van der Waals surface area contributed by atoms with E-state index in [2.05, 4.69) is 21.4 Å². The van der Waals surface area contributed by atoms with Gasteiger partial charge in [0.1, 0.15) is 11.6 Å². The van der Waals surface area contributed by atoms with Crippen molar-refractivity contribution in [3.8, 4) is 5.75 Å². The van der Waals surface area contributed by atoms with Gasteiger partial charge in [0.25, 0.3) is 0 Å². The molecule has 1 unspecified atom stereocenters. The maximum absolute atomic E-state index is 13.8. The predicted octanol–water partition coefficient (Wildman–Crippen LogP) is 3.21. The number of nitrogens with two attached hydrogens (primary N) is 1. The van der Waals surface area contributed by atoms with Crippen LogP contribution in [0.1, 0.15) is 16.5 Å². The first-order valence-electron chi connectivity index (χ1n) is 5.19. The number of thiophene rings is 1. The minimum atomic E-state index is -0.392. The van der Waals surface area contributed by atoms with Gasteiger partial charge in [0.2, 0.25) is 0 Å². The van der Waals surface area contributed by atoms with Gasteiger partial charge in [-0.2, -0.15) is 0 Å². The van der Waals surface area contributed by atoms with Crippen molar-refractivity contribution in [2.75, 3.05) is 7.11 Å². The Kier molecular flexibility index (Phi) is 4.34. The van der Waals surface area contributed by atoms with Crippen LogP contribution in [0, 0.1) is 5.82 Å². The highest BCUT2D eigenvalue weighted by Crippen LogP contribution is 2.32. The average molecular weight is 331 g/mol. The molecule has 0 radical (unpaired) electrons. The van der Waals surface area contributed by atoms with E-state index in [1.807, 2.05) is 11.4 Å². The summed E-state index contributed by atoms with van der Waals surface area (Å²) in [4.78, 5) is 0.895. The van der Waals surface area contributed by atoms with E-state index < -0.39 is 6.04 Å². The molecule has 3 N–H and O–H groups in total. The van der Waals surface area contributed by atoms with Crippen LogP contribution in [0.5, 0.6) is 5.75 Å². The zero-order chi connectivity index (χ0) is 13.1. The minimum absolute atomic E-state index is 0.298. The van der Waals surface area contributed by atoms with Crippen LogP contribution >= 0.6 is 27.3 Å². The molecular formula is C12H12BrFN2OS. The first-order valence-corrected chi connectivity index (χ1v) is 6.86. The second-order valence-corrected chi connectivity index (χ2v) is 5.51. The van der Waals surface area contributed by atoms with E-state index in [1.54, 1.807) is 19.2 Å². The third kappa shape index (κ3) is 2.72. The molecule has 18 heavy (non-hydrogen) atoms. The molecule has 0 aliphatic carbocycles. The fraction of sp³-hybridized carbons (Fsp3) is 0.167. The Bertz CT molecular complexity index is 547. The van der Waals surface area contributed by atoms with Crippen LogP contribution in [-0.4, -0.2) is 7.11 Å². The highest BCUT2D eigenvalue weighted by Gasteiger charge is 2.19. The van der Waals surface area contributed by atoms with Crippen molar-refractivity contribution in [2.24, 2.45) is 5.84 Å². The van der Waals surface area contributed by atoms with Crippen molar-refractivity contribution >= 4 is 27.3 Å². The topological polar surface area (TPSA) is 47.3 Å². The molecule has 0 amide bonds. The van der Waals surface area contributed by atoms with E-state index in [9.17, 15) is 4.39 Å². The number of hydrogen-bond donors (Lipinski definition) is 2. The van der Waals surface area contributed by atoms with Gasteiger partial charge >= 0.3 is 0 Å². The van der Waals surface area contributed by atoms with E-state index in [0.29, 0.717) is 5.56 Å². The lowest BCUT2D eigenvalue weighted by Gasteiger charge is -2.15. The molecule has 0 aliphatic heterocycles. The molecule has 0 aliphatic rings. The van der Waals surface area contributed by atoms with Gasteiger partial charge in [0.15, 0.2) is 0 Å². The van der Waals surface area contributed by atoms with E-state index in [-0.39, 0.29) is 5.82 Å². The third-order valence-electron chi connectivity index (χ3n) is 2.55. The van der Waals surface area contributed by atoms with Gasteiger partial charge in [-0.3, -0.25) is 5.84 Å². The number of nitrogens with one attached hydrogen (secondary N) is 1. The maximum Gasteiger partial charge on any atom is 0.129 e. The van der Waals surface area contributed by atoms with Gasteiger partial charge in [0, 0.05) is 20.3 Å². The van der Waals surface area contributed by atoms with Gasteiger partial charge in [-0.05, 0) is 24.3 Å². The van der Waals surface area contributed by atoms with Gasteiger partial charge in [-0.1, -0.05) is 15.9 Å². The summed E-state index contributed by atoms with van der Waals surface area (Å²) in [5, 5.41) is 1.86. The molecule has 0 saturated carbocycles. The fourth-order valence-corrected chi connectivity index (χ4v) is 2.96. The first kappa shape index (κ1) is 13.5. The van der Waals surface area contributed by atoms with Crippen LogP contribution < -0.4 is 16.0 Å². The summed E-state index contributed by atoms with van der Waals surface area (Å²) in [5.41, 5.74) is 3.13. The third-order valence-corrected chi connectivity index (χ3v) is 4.02. The molecule has 0 saturated heterocycles. The zero-order valence-electron chi connectivity index (χ0n) is 9.61. The van der Waals surface area contributed by atoms with Gasteiger partial charge in [-0.15, -0.1) is 11.3 Å². The molecule has 1 aromatic heterocycles. The SMILES string of the molecule is COc1csc(C(NN)c2cc(Br)ccc2F)c1. The quantitative estimate of drug-likeness (QED) is 0.668. The molecule has 0 spiro atoms. The smallest absolute Gasteiger partial charge is 0.129 e. The molecule has 96 valence electrons. The highest BCUT2D eigenvalue weighted by atomic mass is 79.9. The summed E-state index contributed by atoms with van der Waals surface area (Å²) < 4.78 is 19.8. The summed E-state index contributed by atoms with van der Waals surface area (Å²) in [6, 6.07) is 6.23. The van der Waals surface area contributed by atoms with E-state index in [4.69, 9.17) is 10.6 Å². The minimum Gasteiger partial charge on any atom is -0.496 e. The number of halogens is 2. The average Bonchev–Trinajstić information content (AvgIpc) is 2.83. The molecule has 1 aromatic carbocycles. The van der Waals surface area contributed by atoms with Crippen molar-refractivity contribution in [2.45, 2.75) is 6.04 Å². The van der Waals surface area contributed by atoms with Crippen LogP contribution in [0.4, 0.5) is 4.39 Å². The molecule has 6 heteroatoms. The van der Waals surface area contributed by atoms with Crippen molar-refractivity contribution in [3.63, 3.8) is 0 Å². The summed E-state index contributed by atoms with van der Waals surface area (Å²) in [6.07, 6.45) is 0. The molecule has 1 atom stereocenters. The highest BCUT2D eigenvalue weighted by molar-refractivity contribution is 9.10. The standard InChI is InChI=1S/C12H12BrFN2OS/c1-17-8-5-11(18-6-8)12(16-15)9-4-7(13)2-3-10(9)14/h2-6,12,16H,15H2,1H3. The van der Waals surface area contributed by atoms with Crippen LogP contribution in [0.15, 0.2) is 34.1 Å². The Morgan fingerprint density at radius 2 is 2.22 bits per heavy atom. The molecule has 0 fully saturated rings. The number of hydrogen-bond acceptors (Lipinski definition) is 4. The summed E-state index contributed by atoms with van der Waals surface area (Å²) >= 11 is 4.80.